The minimum Gasteiger partial charge on any atom is -0.330 e. The zero-order valence-corrected chi connectivity index (χ0v) is 10.5. The van der Waals surface area contributed by atoms with Crippen LogP contribution < -0.4 is 11.1 Å². The molecule has 1 aliphatic rings. The molecule has 0 aliphatic carbocycles. The molecular formula is C13H28N2. The number of hydrogen-bond donors (Lipinski definition) is 2. The summed E-state index contributed by atoms with van der Waals surface area (Å²) in [6.07, 6.45) is 6.68. The molecular weight excluding hydrogens is 184 g/mol. The molecule has 1 saturated heterocycles. The third-order valence-electron chi connectivity index (χ3n) is 3.84. The number of hydrogen-bond acceptors (Lipinski definition) is 2. The van der Waals surface area contributed by atoms with E-state index in [0.717, 1.165) is 24.3 Å². The van der Waals surface area contributed by atoms with Crippen LogP contribution in [0.15, 0.2) is 0 Å². The van der Waals surface area contributed by atoms with Gasteiger partial charge in [-0.2, -0.15) is 0 Å². The van der Waals surface area contributed by atoms with E-state index in [1.165, 1.54) is 45.2 Å². The van der Waals surface area contributed by atoms with Crippen LogP contribution in [-0.4, -0.2) is 19.6 Å². The fraction of sp³-hybridized carbons (Fsp3) is 1.00. The van der Waals surface area contributed by atoms with Gasteiger partial charge in [-0.25, -0.2) is 0 Å². The van der Waals surface area contributed by atoms with Gasteiger partial charge in [0.15, 0.2) is 0 Å². The highest BCUT2D eigenvalue weighted by atomic mass is 14.9. The summed E-state index contributed by atoms with van der Waals surface area (Å²) in [4.78, 5) is 0. The monoisotopic (exact) mass is 212 g/mol. The first kappa shape index (κ1) is 13.0. The molecule has 0 radical (unpaired) electrons. The Labute approximate surface area is 95.0 Å². The first-order chi connectivity index (χ1) is 7.27. The van der Waals surface area contributed by atoms with Gasteiger partial charge >= 0.3 is 0 Å². The summed E-state index contributed by atoms with van der Waals surface area (Å²) in [5.74, 6) is 2.52. The van der Waals surface area contributed by atoms with Crippen molar-refractivity contribution in [2.24, 2.45) is 23.5 Å². The lowest BCUT2D eigenvalue weighted by Gasteiger charge is -2.31. The van der Waals surface area contributed by atoms with Crippen LogP contribution in [0, 0.1) is 17.8 Å². The Morgan fingerprint density at radius 1 is 1.33 bits per heavy atom. The third kappa shape index (κ3) is 4.52. The molecule has 1 heterocycles. The van der Waals surface area contributed by atoms with Gasteiger partial charge < -0.3 is 11.1 Å². The Morgan fingerprint density at radius 2 is 2.00 bits per heavy atom. The van der Waals surface area contributed by atoms with Crippen LogP contribution in [-0.2, 0) is 0 Å². The molecule has 2 heteroatoms. The van der Waals surface area contributed by atoms with Gasteiger partial charge in [0.25, 0.3) is 0 Å². The smallest absolute Gasteiger partial charge is 0.00461 e. The number of piperidine rings is 1. The quantitative estimate of drug-likeness (QED) is 0.709. The van der Waals surface area contributed by atoms with Gasteiger partial charge in [-0.05, 0) is 56.7 Å². The maximum Gasteiger partial charge on any atom is -0.00461 e. The standard InChI is InChI=1S/C13H28N2/c1-3-4-11(2)9-13(10-14)12-5-7-15-8-6-12/h11-13,15H,3-10,14H2,1-2H3. The highest BCUT2D eigenvalue weighted by molar-refractivity contribution is 4.77. The molecule has 0 bridgehead atoms. The van der Waals surface area contributed by atoms with E-state index in [1.54, 1.807) is 0 Å². The summed E-state index contributed by atoms with van der Waals surface area (Å²) < 4.78 is 0. The predicted molar refractivity (Wildman–Crippen MR) is 66.8 cm³/mol. The Morgan fingerprint density at radius 3 is 2.53 bits per heavy atom. The highest BCUT2D eigenvalue weighted by Crippen LogP contribution is 2.28. The average molecular weight is 212 g/mol. The van der Waals surface area contributed by atoms with Gasteiger partial charge in [0.2, 0.25) is 0 Å². The second kappa shape index (κ2) is 7.24. The molecule has 2 unspecified atom stereocenters. The molecule has 3 N–H and O–H groups in total. The van der Waals surface area contributed by atoms with Crippen molar-refractivity contribution in [3.63, 3.8) is 0 Å². The summed E-state index contributed by atoms with van der Waals surface area (Å²) in [6.45, 7) is 7.94. The van der Waals surface area contributed by atoms with Crippen LogP contribution in [0.3, 0.4) is 0 Å². The van der Waals surface area contributed by atoms with E-state index in [4.69, 9.17) is 5.73 Å². The predicted octanol–water partition coefficient (Wildman–Crippen LogP) is 2.39. The zero-order chi connectivity index (χ0) is 11.1. The van der Waals surface area contributed by atoms with Crippen molar-refractivity contribution in [3.05, 3.63) is 0 Å². The average Bonchev–Trinajstić information content (AvgIpc) is 2.27. The minimum atomic E-state index is 0.772. The van der Waals surface area contributed by atoms with Gasteiger partial charge in [-0.1, -0.05) is 26.7 Å². The molecule has 0 spiro atoms. The Hall–Kier alpha value is -0.0800. The second-order valence-electron chi connectivity index (χ2n) is 5.21. The van der Waals surface area contributed by atoms with Crippen LogP contribution in [0.5, 0.6) is 0 Å². The summed E-state index contributed by atoms with van der Waals surface area (Å²) in [6, 6.07) is 0. The van der Waals surface area contributed by atoms with Gasteiger partial charge in [-0.3, -0.25) is 0 Å². The number of nitrogens with one attached hydrogen (secondary N) is 1. The van der Waals surface area contributed by atoms with E-state index >= 15 is 0 Å². The van der Waals surface area contributed by atoms with Crippen molar-refractivity contribution >= 4 is 0 Å². The van der Waals surface area contributed by atoms with Crippen LogP contribution in [0.2, 0.25) is 0 Å². The minimum absolute atomic E-state index is 0.772. The first-order valence-electron chi connectivity index (χ1n) is 6.68. The molecule has 15 heavy (non-hydrogen) atoms. The van der Waals surface area contributed by atoms with Crippen LogP contribution in [0.4, 0.5) is 0 Å². The summed E-state index contributed by atoms with van der Waals surface area (Å²) in [5.41, 5.74) is 5.93. The molecule has 2 nitrogen and oxygen atoms in total. The number of nitrogens with two attached hydrogens (primary N) is 1. The first-order valence-corrected chi connectivity index (χ1v) is 6.68. The molecule has 0 aromatic heterocycles. The van der Waals surface area contributed by atoms with Crippen LogP contribution >= 0.6 is 0 Å². The van der Waals surface area contributed by atoms with Crippen molar-refractivity contribution in [1.82, 2.24) is 5.32 Å². The number of rotatable bonds is 6. The van der Waals surface area contributed by atoms with Crippen molar-refractivity contribution in [2.75, 3.05) is 19.6 Å². The topological polar surface area (TPSA) is 38.0 Å². The van der Waals surface area contributed by atoms with Gasteiger partial charge in [0.05, 0.1) is 0 Å². The maximum absolute atomic E-state index is 5.93. The van der Waals surface area contributed by atoms with Crippen LogP contribution in [0.1, 0.15) is 46.0 Å². The van der Waals surface area contributed by atoms with Gasteiger partial charge in [0, 0.05) is 0 Å². The van der Waals surface area contributed by atoms with E-state index in [2.05, 4.69) is 19.2 Å². The lowest BCUT2D eigenvalue weighted by Crippen LogP contribution is -2.35. The largest absolute Gasteiger partial charge is 0.330 e. The maximum atomic E-state index is 5.93. The lowest BCUT2D eigenvalue weighted by molar-refractivity contribution is 0.224. The Kier molecular flexibility index (Phi) is 6.26. The molecule has 2 atom stereocenters. The van der Waals surface area contributed by atoms with Gasteiger partial charge in [-0.15, -0.1) is 0 Å². The van der Waals surface area contributed by atoms with E-state index in [-0.39, 0.29) is 0 Å². The fourth-order valence-corrected chi connectivity index (χ4v) is 2.92. The lowest BCUT2D eigenvalue weighted by atomic mass is 9.79. The summed E-state index contributed by atoms with van der Waals surface area (Å²) in [5, 5.41) is 3.43. The molecule has 0 aromatic rings. The molecule has 90 valence electrons. The summed E-state index contributed by atoms with van der Waals surface area (Å²) >= 11 is 0. The molecule has 1 rings (SSSR count). The molecule has 0 aromatic carbocycles. The normalized spacial score (nSPS) is 22.6. The van der Waals surface area contributed by atoms with Crippen molar-refractivity contribution in [1.29, 1.82) is 0 Å². The second-order valence-corrected chi connectivity index (χ2v) is 5.21. The highest BCUT2D eigenvalue weighted by Gasteiger charge is 2.23. The van der Waals surface area contributed by atoms with Crippen LogP contribution in [0.25, 0.3) is 0 Å². The SMILES string of the molecule is CCCC(C)CC(CN)C1CCNCC1. The molecule has 1 fully saturated rings. The van der Waals surface area contributed by atoms with Crippen molar-refractivity contribution < 1.29 is 0 Å². The summed E-state index contributed by atoms with van der Waals surface area (Å²) in [7, 11) is 0. The molecule has 0 saturated carbocycles. The van der Waals surface area contributed by atoms with Crippen molar-refractivity contribution in [2.45, 2.75) is 46.0 Å². The molecule has 1 aliphatic heterocycles. The van der Waals surface area contributed by atoms with E-state index in [1.807, 2.05) is 0 Å². The van der Waals surface area contributed by atoms with Crippen molar-refractivity contribution in [3.8, 4) is 0 Å². The molecule has 0 amide bonds. The zero-order valence-electron chi connectivity index (χ0n) is 10.5. The fourth-order valence-electron chi connectivity index (χ4n) is 2.92. The third-order valence-corrected chi connectivity index (χ3v) is 3.84. The van der Waals surface area contributed by atoms with E-state index in [0.29, 0.717) is 0 Å². The Balaban J connectivity index is 2.32. The van der Waals surface area contributed by atoms with E-state index < -0.39 is 0 Å². The van der Waals surface area contributed by atoms with Gasteiger partial charge in [0.1, 0.15) is 0 Å². The van der Waals surface area contributed by atoms with E-state index in [9.17, 15) is 0 Å². The Bertz CT molecular complexity index is 153.